The lowest BCUT2D eigenvalue weighted by atomic mass is 10.0. The standard InChI is InChI=1S/C15H24N4O2S/c1-21-10-6-13-16-15(22-17-13)19-9-5-12(11-19)14(20)18-7-3-2-4-8-18/h12H,2-11H2,1H3. The minimum atomic E-state index is 0.129. The fourth-order valence-corrected chi connectivity index (χ4v) is 3.92. The summed E-state index contributed by atoms with van der Waals surface area (Å²) in [7, 11) is 1.69. The molecule has 1 aromatic heterocycles. The second-order valence-electron chi connectivity index (χ2n) is 6.05. The molecular weight excluding hydrogens is 300 g/mol. The van der Waals surface area contributed by atoms with E-state index in [0.717, 1.165) is 62.8 Å². The van der Waals surface area contributed by atoms with E-state index in [1.54, 1.807) is 7.11 Å². The van der Waals surface area contributed by atoms with E-state index in [2.05, 4.69) is 19.2 Å². The molecule has 2 saturated heterocycles. The van der Waals surface area contributed by atoms with Gasteiger partial charge in [0, 0.05) is 51.2 Å². The molecule has 1 atom stereocenters. The molecule has 2 aliphatic heterocycles. The highest BCUT2D eigenvalue weighted by atomic mass is 32.1. The number of hydrogen-bond donors (Lipinski definition) is 0. The Balaban J connectivity index is 1.55. The predicted octanol–water partition coefficient (Wildman–Crippen LogP) is 1.57. The lowest BCUT2D eigenvalue weighted by molar-refractivity contribution is -0.135. The van der Waals surface area contributed by atoms with Crippen molar-refractivity contribution >= 4 is 22.6 Å². The van der Waals surface area contributed by atoms with Crippen molar-refractivity contribution in [2.45, 2.75) is 32.1 Å². The number of piperidine rings is 1. The van der Waals surface area contributed by atoms with Crippen LogP contribution in [0.1, 0.15) is 31.5 Å². The van der Waals surface area contributed by atoms with Crippen LogP contribution in [-0.4, -0.2) is 60.1 Å². The van der Waals surface area contributed by atoms with Crippen LogP contribution >= 0.6 is 11.5 Å². The second kappa shape index (κ2) is 7.37. The zero-order valence-electron chi connectivity index (χ0n) is 13.2. The van der Waals surface area contributed by atoms with Crippen LogP contribution < -0.4 is 4.90 Å². The Kier molecular flexibility index (Phi) is 5.25. The highest BCUT2D eigenvalue weighted by molar-refractivity contribution is 7.09. The van der Waals surface area contributed by atoms with Crippen LogP contribution in [0.25, 0.3) is 0 Å². The number of carbonyl (C=O) groups is 1. The summed E-state index contributed by atoms with van der Waals surface area (Å²) in [5.41, 5.74) is 0. The van der Waals surface area contributed by atoms with E-state index in [-0.39, 0.29) is 5.92 Å². The minimum Gasteiger partial charge on any atom is -0.384 e. The average molecular weight is 324 g/mol. The molecule has 0 spiro atoms. The van der Waals surface area contributed by atoms with Gasteiger partial charge < -0.3 is 14.5 Å². The number of aromatic nitrogens is 2. The maximum atomic E-state index is 12.6. The summed E-state index contributed by atoms with van der Waals surface area (Å²) in [6.07, 6.45) is 5.25. The molecule has 0 aliphatic carbocycles. The third-order valence-corrected chi connectivity index (χ3v) is 5.28. The number of nitrogens with zero attached hydrogens (tertiary/aromatic N) is 4. The second-order valence-corrected chi connectivity index (χ2v) is 6.78. The molecule has 1 aromatic rings. The lowest BCUT2D eigenvalue weighted by Gasteiger charge is -2.29. The predicted molar refractivity (Wildman–Crippen MR) is 86.2 cm³/mol. The third kappa shape index (κ3) is 3.57. The molecule has 6 nitrogen and oxygen atoms in total. The molecule has 7 heteroatoms. The van der Waals surface area contributed by atoms with Gasteiger partial charge in [0.1, 0.15) is 5.82 Å². The molecule has 0 radical (unpaired) electrons. The van der Waals surface area contributed by atoms with Gasteiger partial charge in [0.15, 0.2) is 0 Å². The SMILES string of the molecule is COCCc1nsc(N2CCC(C(=O)N3CCCCC3)C2)n1. The van der Waals surface area contributed by atoms with Crippen LogP contribution in [0.4, 0.5) is 5.13 Å². The summed E-state index contributed by atoms with van der Waals surface area (Å²) in [5.74, 6) is 1.31. The number of carbonyl (C=O) groups excluding carboxylic acids is 1. The molecule has 0 aromatic carbocycles. The first-order valence-electron chi connectivity index (χ1n) is 8.13. The molecule has 2 aliphatic rings. The number of anilines is 1. The highest BCUT2D eigenvalue weighted by Gasteiger charge is 2.33. The fraction of sp³-hybridized carbons (Fsp3) is 0.800. The first kappa shape index (κ1) is 15.7. The van der Waals surface area contributed by atoms with Gasteiger partial charge in [-0.3, -0.25) is 4.79 Å². The topological polar surface area (TPSA) is 58.6 Å². The van der Waals surface area contributed by atoms with Gasteiger partial charge in [-0.2, -0.15) is 4.37 Å². The minimum absolute atomic E-state index is 0.129. The lowest BCUT2D eigenvalue weighted by Crippen LogP contribution is -2.40. The van der Waals surface area contributed by atoms with Gasteiger partial charge in [0.05, 0.1) is 12.5 Å². The van der Waals surface area contributed by atoms with Crippen LogP contribution in [0, 0.1) is 5.92 Å². The summed E-state index contributed by atoms with van der Waals surface area (Å²) >= 11 is 1.43. The Morgan fingerprint density at radius 3 is 2.91 bits per heavy atom. The largest absolute Gasteiger partial charge is 0.384 e. The van der Waals surface area contributed by atoms with Crippen LogP contribution in [0.15, 0.2) is 0 Å². The molecule has 0 N–H and O–H groups in total. The van der Waals surface area contributed by atoms with Crippen LogP contribution in [0.3, 0.4) is 0 Å². The Morgan fingerprint density at radius 1 is 1.32 bits per heavy atom. The molecule has 0 bridgehead atoms. The van der Waals surface area contributed by atoms with Crippen molar-refractivity contribution in [3.05, 3.63) is 5.82 Å². The number of ether oxygens (including phenoxy) is 1. The number of hydrogen-bond acceptors (Lipinski definition) is 6. The summed E-state index contributed by atoms with van der Waals surface area (Å²) in [5, 5.41) is 0.944. The number of methoxy groups -OCH3 is 1. The van der Waals surface area contributed by atoms with Gasteiger partial charge >= 0.3 is 0 Å². The third-order valence-electron chi connectivity index (χ3n) is 4.46. The fourth-order valence-electron chi connectivity index (χ4n) is 3.18. The normalized spacial score (nSPS) is 22.3. The maximum Gasteiger partial charge on any atom is 0.227 e. The van der Waals surface area contributed by atoms with Crippen LogP contribution in [0.5, 0.6) is 0 Å². The Bertz CT molecular complexity index is 501. The molecule has 2 fully saturated rings. The zero-order valence-corrected chi connectivity index (χ0v) is 14.0. The van der Waals surface area contributed by atoms with E-state index in [1.807, 2.05) is 0 Å². The smallest absolute Gasteiger partial charge is 0.227 e. The summed E-state index contributed by atoms with van der Waals surface area (Å²) in [4.78, 5) is 21.4. The molecular formula is C15H24N4O2S. The first-order chi connectivity index (χ1) is 10.8. The summed E-state index contributed by atoms with van der Waals surface area (Å²) in [6.45, 7) is 4.22. The molecule has 1 unspecified atom stereocenters. The molecule has 3 rings (SSSR count). The van der Waals surface area contributed by atoms with Gasteiger partial charge in [-0.1, -0.05) is 0 Å². The monoisotopic (exact) mass is 324 g/mol. The van der Waals surface area contributed by atoms with Gasteiger partial charge in [-0.05, 0) is 25.7 Å². The summed E-state index contributed by atoms with van der Waals surface area (Å²) < 4.78 is 9.43. The summed E-state index contributed by atoms with van der Waals surface area (Å²) in [6, 6.07) is 0. The Labute approximate surface area is 135 Å². The van der Waals surface area contributed by atoms with Gasteiger partial charge in [0.25, 0.3) is 0 Å². The van der Waals surface area contributed by atoms with Gasteiger partial charge in [0.2, 0.25) is 11.0 Å². The van der Waals surface area contributed by atoms with Crippen molar-refractivity contribution in [2.24, 2.45) is 5.92 Å². The molecule has 22 heavy (non-hydrogen) atoms. The molecule has 122 valence electrons. The van der Waals surface area contributed by atoms with E-state index in [4.69, 9.17) is 4.74 Å². The Hall–Kier alpha value is -1.21. The number of amides is 1. The first-order valence-corrected chi connectivity index (χ1v) is 8.90. The molecule has 0 saturated carbocycles. The van der Waals surface area contributed by atoms with E-state index < -0.39 is 0 Å². The molecule has 1 amide bonds. The zero-order chi connectivity index (χ0) is 15.4. The van der Waals surface area contributed by atoms with Crippen molar-refractivity contribution in [3.63, 3.8) is 0 Å². The molecule has 3 heterocycles. The van der Waals surface area contributed by atoms with Crippen molar-refractivity contribution < 1.29 is 9.53 Å². The Morgan fingerprint density at radius 2 is 2.14 bits per heavy atom. The van der Waals surface area contributed by atoms with Gasteiger partial charge in [-0.25, -0.2) is 4.98 Å². The highest BCUT2D eigenvalue weighted by Crippen LogP contribution is 2.27. The van der Waals surface area contributed by atoms with E-state index in [1.165, 1.54) is 18.0 Å². The number of likely N-dealkylation sites (tertiary alicyclic amines) is 1. The van der Waals surface area contributed by atoms with Crippen LogP contribution in [-0.2, 0) is 16.0 Å². The van der Waals surface area contributed by atoms with E-state index in [9.17, 15) is 4.79 Å². The van der Waals surface area contributed by atoms with E-state index >= 15 is 0 Å². The van der Waals surface area contributed by atoms with Crippen LogP contribution in [0.2, 0.25) is 0 Å². The van der Waals surface area contributed by atoms with Crippen molar-refractivity contribution in [2.75, 3.05) is 44.8 Å². The maximum absolute atomic E-state index is 12.6. The average Bonchev–Trinajstić information content (AvgIpc) is 3.22. The van der Waals surface area contributed by atoms with Gasteiger partial charge in [-0.15, -0.1) is 0 Å². The van der Waals surface area contributed by atoms with Crippen molar-refractivity contribution in [1.82, 2.24) is 14.3 Å². The number of rotatable bonds is 5. The van der Waals surface area contributed by atoms with E-state index in [0.29, 0.717) is 12.5 Å². The van der Waals surface area contributed by atoms with Crippen molar-refractivity contribution in [3.8, 4) is 0 Å². The quantitative estimate of drug-likeness (QED) is 0.823. The van der Waals surface area contributed by atoms with Crippen molar-refractivity contribution in [1.29, 1.82) is 0 Å².